The molecule has 0 fully saturated rings. The van der Waals surface area contributed by atoms with Gasteiger partial charge in [0.2, 0.25) is 0 Å². The van der Waals surface area contributed by atoms with Crippen LogP contribution in [-0.4, -0.2) is 11.0 Å². The van der Waals surface area contributed by atoms with Crippen LogP contribution in [0.5, 0.6) is 0 Å². The summed E-state index contributed by atoms with van der Waals surface area (Å²) in [5.74, 6) is 0. The number of anilines is 2. The van der Waals surface area contributed by atoms with E-state index in [-0.39, 0.29) is 5.69 Å². The van der Waals surface area contributed by atoms with E-state index in [1.54, 1.807) is 24.3 Å². The van der Waals surface area contributed by atoms with Crippen LogP contribution in [0, 0.1) is 10.1 Å². The number of rotatable bonds is 4. The molecule has 3 N–H and O–H groups in total. The Morgan fingerprint density at radius 3 is 2.38 bits per heavy atom. The smallest absolute Gasteiger partial charge is 0.307 e. The van der Waals surface area contributed by atoms with Gasteiger partial charge in [0, 0.05) is 17.8 Å². The Morgan fingerprint density at radius 2 is 1.76 bits per heavy atom. The molecule has 0 saturated carbocycles. The van der Waals surface area contributed by atoms with Crippen molar-refractivity contribution in [2.24, 2.45) is 0 Å². The van der Waals surface area contributed by atoms with Gasteiger partial charge >= 0.3 is 6.03 Å². The maximum absolute atomic E-state index is 11.7. The van der Waals surface area contributed by atoms with E-state index in [2.05, 4.69) is 16.2 Å². The lowest BCUT2D eigenvalue weighted by Gasteiger charge is -2.10. The molecule has 8 heteroatoms. The molecule has 0 atom stereocenters. The van der Waals surface area contributed by atoms with Crippen molar-refractivity contribution in [3.8, 4) is 0 Å². The lowest BCUT2D eigenvalue weighted by atomic mass is 10.3. The van der Waals surface area contributed by atoms with Gasteiger partial charge in [0.15, 0.2) is 0 Å². The van der Waals surface area contributed by atoms with E-state index in [0.29, 0.717) is 16.4 Å². The van der Waals surface area contributed by atoms with Gasteiger partial charge < -0.3 is 5.32 Å². The molecule has 0 heterocycles. The highest BCUT2D eigenvalue weighted by Gasteiger charge is 2.06. The summed E-state index contributed by atoms with van der Waals surface area (Å²) in [5, 5.41) is 13.5. The van der Waals surface area contributed by atoms with Gasteiger partial charge in [0.05, 0.1) is 15.6 Å². The number of urea groups is 1. The number of para-hydroxylation sites is 1. The van der Waals surface area contributed by atoms with Crippen molar-refractivity contribution in [3.63, 3.8) is 0 Å². The van der Waals surface area contributed by atoms with Gasteiger partial charge in [0.25, 0.3) is 5.69 Å². The molecule has 2 aromatic carbocycles. The van der Waals surface area contributed by atoms with Gasteiger partial charge in [-0.05, 0) is 24.3 Å². The van der Waals surface area contributed by atoms with Crippen molar-refractivity contribution < 1.29 is 9.72 Å². The third-order valence-corrected chi connectivity index (χ3v) is 2.85. The number of halogens is 1. The number of nitro benzene ring substituents is 1. The van der Waals surface area contributed by atoms with Crippen molar-refractivity contribution >= 4 is 34.7 Å². The maximum Gasteiger partial charge on any atom is 0.337 e. The van der Waals surface area contributed by atoms with Crippen molar-refractivity contribution in [3.05, 3.63) is 63.7 Å². The number of hydrogen-bond donors (Lipinski definition) is 3. The predicted octanol–water partition coefficient (Wildman–Crippen LogP) is 3.40. The first-order valence-corrected chi connectivity index (χ1v) is 6.26. The minimum Gasteiger partial charge on any atom is -0.307 e. The molecule has 0 aliphatic heterocycles. The fourth-order valence-corrected chi connectivity index (χ4v) is 1.70. The van der Waals surface area contributed by atoms with Crippen LogP contribution in [0.3, 0.4) is 0 Å². The maximum atomic E-state index is 11.7. The van der Waals surface area contributed by atoms with Crippen LogP contribution < -0.4 is 16.2 Å². The van der Waals surface area contributed by atoms with E-state index in [1.165, 1.54) is 24.3 Å². The van der Waals surface area contributed by atoms with Crippen LogP contribution in [0.15, 0.2) is 48.5 Å². The third-order valence-electron chi connectivity index (χ3n) is 2.52. The largest absolute Gasteiger partial charge is 0.337 e. The topological polar surface area (TPSA) is 96.3 Å². The van der Waals surface area contributed by atoms with Crippen LogP contribution >= 0.6 is 11.6 Å². The lowest BCUT2D eigenvalue weighted by Crippen LogP contribution is -2.33. The molecule has 0 spiro atoms. The van der Waals surface area contributed by atoms with Crippen LogP contribution in [0.25, 0.3) is 0 Å². The number of non-ortho nitro benzene ring substituents is 1. The van der Waals surface area contributed by atoms with Crippen molar-refractivity contribution in [1.29, 1.82) is 0 Å². The van der Waals surface area contributed by atoms with Crippen LogP contribution in [0.4, 0.5) is 21.9 Å². The third kappa shape index (κ3) is 4.08. The average Bonchev–Trinajstić information content (AvgIpc) is 2.47. The molecule has 0 aromatic heterocycles. The second kappa shape index (κ2) is 6.58. The first-order chi connectivity index (χ1) is 10.1. The zero-order valence-electron chi connectivity index (χ0n) is 10.7. The summed E-state index contributed by atoms with van der Waals surface area (Å²) in [6.07, 6.45) is 0. The number of hydrogen-bond acceptors (Lipinski definition) is 4. The molecular formula is C13H11ClN4O3. The minimum atomic E-state index is -0.524. The molecule has 108 valence electrons. The Hall–Kier alpha value is -2.80. The van der Waals surface area contributed by atoms with E-state index in [4.69, 9.17) is 11.6 Å². The molecule has 21 heavy (non-hydrogen) atoms. The molecule has 0 aliphatic rings. The highest BCUT2D eigenvalue weighted by Crippen LogP contribution is 2.19. The molecule has 7 nitrogen and oxygen atoms in total. The molecule has 0 radical (unpaired) electrons. The summed E-state index contributed by atoms with van der Waals surface area (Å²) in [4.78, 5) is 21.7. The number of carbonyl (C=O) groups is 1. The Morgan fingerprint density at radius 1 is 1.10 bits per heavy atom. The molecule has 0 bridgehead atoms. The second-order valence-corrected chi connectivity index (χ2v) is 4.40. The molecule has 2 rings (SSSR count). The molecule has 2 amide bonds. The zero-order chi connectivity index (χ0) is 15.2. The summed E-state index contributed by atoms with van der Waals surface area (Å²) in [6.45, 7) is 0. The summed E-state index contributed by atoms with van der Waals surface area (Å²) in [5.41, 5.74) is 6.00. The van der Waals surface area contributed by atoms with E-state index < -0.39 is 11.0 Å². The standard InChI is InChI=1S/C13H11ClN4O3/c14-11-3-1-2-4-12(11)16-17-13(19)15-9-5-7-10(8-6-9)18(20)21/h1-8,16H,(H2,15,17,19). The Bertz CT molecular complexity index is 661. The first kappa shape index (κ1) is 14.6. The molecular weight excluding hydrogens is 296 g/mol. The molecule has 0 saturated heterocycles. The predicted molar refractivity (Wildman–Crippen MR) is 80.3 cm³/mol. The fraction of sp³-hybridized carbons (Fsp3) is 0. The lowest BCUT2D eigenvalue weighted by molar-refractivity contribution is -0.384. The highest BCUT2D eigenvalue weighted by atomic mass is 35.5. The summed E-state index contributed by atoms with van der Waals surface area (Å²) in [6, 6.07) is 11.9. The quantitative estimate of drug-likeness (QED) is 0.596. The van der Waals surface area contributed by atoms with Crippen molar-refractivity contribution in [2.75, 3.05) is 10.7 Å². The molecule has 0 unspecified atom stereocenters. The molecule has 2 aromatic rings. The van der Waals surface area contributed by atoms with Gasteiger partial charge in [-0.3, -0.25) is 21.0 Å². The van der Waals surface area contributed by atoms with E-state index in [9.17, 15) is 14.9 Å². The number of nitrogens with one attached hydrogen (secondary N) is 3. The number of amides is 2. The number of nitro groups is 1. The number of carbonyl (C=O) groups excluding carboxylic acids is 1. The van der Waals surface area contributed by atoms with Crippen LogP contribution in [-0.2, 0) is 0 Å². The van der Waals surface area contributed by atoms with E-state index in [0.717, 1.165) is 0 Å². The Labute approximate surface area is 125 Å². The average molecular weight is 307 g/mol. The van der Waals surface area contributed by atoms with E-state index >= 15 is 0 Å². The number of hydrazine groups is 1. The molecule has 0 aliphatic carbocycles. The summed E-state index contributed by atoms with van der Waals surface area (Å²) < 4.78 is 0. The van der Waals surface area contributed by atoms with Gasteiger partial charge in [0.1, 0.15) is 0 Å². The zero-order valence-corrected chi connectivity index (χ0v) is 11.4. The highest BCUT2D eigenvalue weighted by molar-refractivity contribution is 6.33. The Kier molecular flexibility index (Phi) is 4.57. The van der Waals surface area contributed by atoms with E-state index in [1.807, 2.05) is 0 Å². The van der Waals surface area contributed by atoms with Crippen molar-refractivity contribution in [1.82, 2.24) is 5.43 Å². The fourth-order valence-electron chi connectivity index (χ4n) is 1.52. The van der Waals surface area contributed by atoms with Gasteiger partial charge in [-0.2, -0.15) is 0 Å². The van der Waals surface area contributed by atoms with Crippen LogP contribution in [0.2, 0.25) is 5.02 Å². The van der Waals surface area contributed by atoms with Gasteiger partial charge in [-0.1, -0.05) is 23.7 Å². The van der Waals surface area contributed by atoms with Gasteiger partial charge in [-0.25, -0.2) is 4.79 Å². The first-order valence-electron chi connectivity index (χ1n) is 5.88. The number of nitrogens with zero attached hydrogens (tertiary/aromatic N) is 1. The second-order valence-electron chi connectivity index (χ2n) is 3.99. The Balaban J connectivity index is 1.90. The van der Waals surface area contributed by atoms with Crippen molar-refractivity contribution in [2.45, 2.75) is 0 Å². The normalized spacial score (nSPS) is 9.76. The monoisotopic (exact) mass is 306 g/mol. The SMILES string of the molecule is O=C(NNc1ccccc1Cl)Nc1ccc([N+](=O)[O-])cc1. The summed E-state index contributed by atoms with van der Waals surface area (Å²) >= 11 is 5.92. The minimum absolute atomic E-state index is 0.0462. The number of benzene rings is 2. The van der Waals surface area contributed by atoms with Crippen LogP contribution in [0.1, 0.15) is 0 Å². The summed E-state index contributed by atoms with van der Waals surface area (Å²) in [7, 11) is 0. The van der Waals surface area contributed by atoms with Gasteiger partial charge in [-0.15, -0.1) is 0 Å².